The van der Waals surface area contributed by atoms with E-state index >= 15 is 0 Å². The molecule has 0 aliphatic carbocycles. The van der Waals surface area contributed by atoms with Crippen LogP contribution in [-0.4, -0.2) is 44.9 Å². The summed E-state index contributed by atoms with van der Waals surface area (Å²) in [4.78, 5) is 24.2. The predicted octanol–water partition coefficient (Wildman–Crippen LogP) is 2.72. The van der Waals surface area contributed by atoms with Crippen molar-refractivity contribution in [2.75, 3.05) is 20.2 Å². The molecule has 7 nitrogen and oxygen atoms in total. The van der Waals surface area contributed by atoms with Crippen LogP contribution in [0.25, 0.3) is 0 Å². The van der Waals surface area contributed by atoms with Crippen LogP contribution in [0.4, 0.5) is 0 Å². The van der Waals surface area contributed by atoms with Gasteiger partial charge in [0, 0.05) is 13.1 Å². The predicted molar refractivity (Wildman–Crippen MR) is 99.3 cm³/mol. The summed E-state index contributed by atoms with van der Waals surface area (Å²) in [5.41, 5.74) is 0.280. The molecule has 0 heterocycles. The van der Waals surface area contributed by atoms with Crippen LogP contribution in [0.5, 0.6) is 5.75 Å². The Balaban J connectivity index is 2.24. The molecule has 0 aliphatic rings. The number of benzene rings is 2. The van der Waals surface area contributed by atoms with Crippen molar-refractivity contribution in [3.8, 4) is 5.75 Å². The largest absolute Gasteiger partial charge is 0.465 e. The Kier molecular flexibility index (Phi) is 6.70. The van der Waals surface area contributed by atoms with E-state index in [-0.39, 0.29) is 21.8 Å². The van der Waals surface area contributed by atoms with Crippen LogP contribution in [0.3, 0.4) is 0 Å². The minimum Gasteiger partial charge on any atom is -0.465 e. The summed E-state index contributed by atoms with van der Waals surface area (Å²) in [5, 5.41) is 0. The molecule has 144 valence electrons. The van der Waals surface area contributed by atoms with E-state index in [0.29, 0.717) is 13.1 Å². The normalized spacial score (nSPS) is 11.3. The number of methoxy groups -OCH3 is 1. The number of ether oxygens (including phenoxy) is 2. The monoisotopic (exact) mass is 391 g/mol. The van der Waals surface area contributed by atoms with Crippen molar-refractivity contribution in [2.24, 2.45) is 0 Å². The Morgan fingerprint density at radius 1 is 0.926 bits per heavy atom. The zero-order chi connectivity index (χ0) is 20.0. The fourth-order valence-electron chi connectivity index (χ4n) is 2.47. The van der Waals surface area contributed by atoms with Crippen LogP contribution in [0, 0.1) is 0 Å². The summed E-state index contributed by atoms with van der Waals surface area (Å²) in [6.07, 6.45) is 0. The smallest absolute Gasteiger partial charge is 0.343 e. The number of esters is 2. The van der Waals surface area contributed by atoms with Crippen molar-refractivity contribution >= 4 is 22.0 Å². The Hall–Kier alpha value is -2.71. The Morgan fingerprint density at radius 2 is 1.52 bits per heavy atom. The second-order valence-corrected chi connectivity index (χ2v) is 7.43. The Labute approximate surface area is 158 Å². The van der Waals surface area contributed by atoms with Gasteiger partial charge in [-0.2, -0.15) is 4.31 Å². The fourth-order valence-corrected chi connectivity index (χ4v) is 3.93. The van der Waals surface area contributed by atoms with Gasteiger partial charge in [0.15, 0.2) is 0 Å². The van der Waals surface area contributed by atoms with E-state index in [4.69, 9.17) is 4.74 Å². The van der Waals surface area contributed by atoms with E-state index in [2.05, 4.69) is 4.74 Å². The van der Waals surface area contributed by atoms with Crippen molar-refractivity contribution in [2.45, 2.75) is 18.7 Å². The summed E-state index contributed by atoms with van der Waals surface area (Å²) in [5.74, 6) is -1.27. The van der Waals surface area contributed by atoms with Gasteiger partial charge < -0.3 is 9.47 Å². The van der Waals surface area contributed by atoms with E-state index in [9.17, 15) is 18.0 Å². The van der Waals surface area contributed by atoms with Crippen LogP contribution in [0.2, 0.25) is 0 Å². The number of sulfonamides is 1. The maximum Gasteiger partial charge on any atom is 0.343 e. The maximum absolute atomic E-state index is 12.5. The van der Waals surface area contributed by atoms with E-state index in [1.807, 2.05) is 0 Å². The minimum absolute atomic E-state index is 0.0641. The van der Waals surface area contributed by atoms with Gasteiger partial charge in [0.2, 0.25) is 10.0 Å². The molecular formula is C19H21NO6S. The lowest BCUT2D eigenvalue weighted by molar-refractivity contribution is 0.0593. The molecule has 0 unspecified atom stereocenters. The molecule has 0 saturated carbocycles. The maximum atomic E-state index is 12.5. The highest BCUT2D eigenvalue weighted by Crippen LogP contribution is 2.21. The first-order chi connectivity index (χ1) is 12.8. The molecule has 0 radical (unpaired) electrons. The standard InChI is InChI=1S/C19H21NO6S/c1-4-20(5-2)27(23,24)15-12-10-14(11-13-15)18(21)26-17-9-7-6-8-16(17)19(22)25-3/h6-13H,4-5H2,1-3H3. The zero-order valence-corrected chi connectivity index (χ0v) is 16.2. The Bertz CT molecular complexity index is 917. The van der Waals surface area contributed by atoms with Crippen LogP contribution in [-0.2, 0) is 14.8 Å². The number of carbonyl (C=O) groups is 2. The summed E-state index contributed by atoms with van der Waals surface area (Å²) in [6, 6.07) is 11.7. The first kappa shape index (κ1) is 20.6. The molecule has 2 aromatic rings. The topological polar surface area (TPSA) is 90.0 Å². The highest BCUT2D eigenvalue weighted by Gasteiger charge is 2.22. The summed E-state index contributed by atoms with van der Waals surface area (Å²) < 4.78 is 36.2. The molecule has 0 spiro atoms. The van der Waals surface area contributed by atoms with E-state index in [0.717, 1.165) is 0 Å². The van der Waals surface area contributed by atoms with Crippen LogP contribution >= 0.6 is 0 Å². The quantitative estimate of drug-likeness (QED) is 0.532. The van der Waals surface area contributed by atoms with E-state index < -0.39 is 22.0 Å². The van der Waals surface area contributed by atoms with Gasteiger partial charge in [0.05, 0.1) is 17.6 Å². The minimum atomic E-state index is -3.60. The SMILES string of the molecule is CCN(CC)S(=O)(=O)c1ccc(C(=O)Oc2ccccc2C(=O)OC)cc1. The molecule has 0 aromatic heterocycles. The summed E-state index contributed by atoms with van der Waals surface area (Å²) in [7, 11) is -2.37. The fraction of sp³-hybridized carbons (Fsp3) is 0.263. The first-order valence-electron chi connectivity index (χ1n) is 8.34. The lowest BCUT2D eigenvalue weighted by Gasteiger charge is -2.18. The molecular weight excluding hydrogens is 370 g/mol. The number of hydrogen-bond donors (Lipinski definition) is 0. The third-order valence-corrected chi connectivity index (χ3v) is 5.99. The number of hydrogen-bond acceptors (Lipinski definition) is 6. The van der Waals surface area contributed by atoms with Crippen molar-refractivity contribution in [3.63, 3.8) is 0 Å². The Morgan fingerprint density at radius 3 is 2.07 bits per heavy atom. The van der Waals surface area contributed by atoms with Crippen molar-refractivity contribution in [3.05, 3.63) is 59.7 Å². The molecule has 0 amide bonds. The highest BCUT2D eigenvalue weighted by molar-refractivity contribution is 7.89. The number of para-hydroxylation sites is 1. The van der Waals surface area contributed by atoms with Gasteiger partial charge >= 0.3 is 11.9 Å². The molecule has 2 aromatic carbocycles. The second-order valence-electron chi connectivity index (χ2n) is 5.49. The van der Waals surface area contributed by atoms with Crippen LogP contribution in [0.1, 0.15) is 34.6 Å². The van der Waals surface area contributed by atoms with E-state index in [1.54, 1.807) is 26.0 Å². The van der Waals surface area contributed by atoms with Gasteiger partial charge in [-0.3, -0.25) is 0 Å². The van der Waals surface area contributed by atoms with Gasteiger partial charge in [0.1, 0.15) is 11.3 Å². The lowest BCUT2D eigenvalue weighted by Crippen LogP contribution is -2.30. The molecule has 0 aliphatic heterocycles. The average molecular weight is 391 g/mol. The molecule has 0 atom stereocenters. The molecule has 0 N–H and O–H groups in total. The van der Waals surface area contributed by atoms with Gasteiger partial charge in [-0.1, -0.05) is 26.0 Å². The van der Waals surface area contributed by atoms with Crippen molar-refractivity contribution < 1.29 is 27.5 Å². The number of nitrogens with zero attached hydrogens (tertiary/aromatic N) is 1. The molecule has 0 fully saturated rings. The number of rotatable bonds is 7. The van der Waals surface area contributed by atoms with Crippen molar-refractivity contribution in [1.29, 1.82) is 0 Å². The lowest BCUT2D eigenvalue weighted by atomic mass is 10.2. The van der Waals surface area contributed by atoms with Gasteiger partial charge in [0.25, 0.3) is 0 Å². The molecule has 2 rings (SSSR count). The third-order valence-electron chi connectivity index (χ3n) is 3.93. The third kappa shape index (κ3) is 4.53. The first-order valence-corrected chi connectivity index (χ1v) is 9.78. The van der Waals surface area contributed by atoms with Gasteiger partial charge in [-0.25, -0.2) is 18.0 Å². The van der Waals surface area contributed by atoms with Crippen LogP contribution < -0.4 is 4.74 Å². The number of carbonyl (C=O) groups excluding carboxylic acids is 2. The summed E-state index contributed by atoms with van der Waals surface area (Å²) >= 11 is 0. The average Bonchev–Trinajstić information content (AvgIpc) is 2.68. The van der Waals surface area contributed by atoms with E-state index in [1.165, 1.54) is 47.8 Å². The highest BCUT2D eigenvalue weighted by atomic mass is 32.2. The van der Waals surface area contributed by atoms with Gasteiger partial charge in [-0.15, -0.1) is 0 Å². The second kappa shape index (κ2) is 8.79. The summed E-state index contributed by atoms with van der Waals surface area (Å²) in [6.45, 7) is 4.22. The molecule has 0 saturated heterocycles. The molecule has 27 heavy (non-hydrogen) atoms. The van der Waals surface area contributed by atoms with Crippen molar-refractivity contribution in [1.82, 2.24) is 4.31 Å². The molecule has 0 bridgehead atoms. The van der Waals surface area contributed by atoms with Crippen LogP contribution in [0.15, 0.2) is 53.4 Å². The zero-order valence-electron chi connectivity index (χ0n) is 15.3. The molecule has 8 heteroatoms. The van der Waals surface area contributed by atoms with Gasteiger partial charge in [-0.05, 0) is 36.4 Å².